The first kappa shape index (κ1) is 19.1. The zero-order valence-corrected chi connectivity index (χ0v) is 14.5. The van der Waals surface area contributed by atoms with Crippen LogP contribution in [0.25, 0.3) is 0 Å². The maximum atomic E-state index is 12.0. The highest BCUT2D eigenvalue weighted by Crippen LogP contribution is 2.17. The summed E-state index contributed by atoms with van der Waals surface area (Å²) in [6.07, 6.45) is 2.62. The molecule has 0 saturated heterocycles. The van der Waals surface area contributed by atoms with Crippen LogP contribution in [0.5, 0.6) is 0 Å². The van der Waals surface area contributed by atoms with Gasteiger partial charge in [-0.2, -0.15) is 0 Å². The number of amides is 1. The molecule has 0 aliphatic carbocycles. The molecule has 5 heteroatoms. The maximum Gasteiger partial charge on any atom is 0.324 e. The van der Waals surface area contributed by atoms with Crippen LogP contribution < -0.4 is 0 Å². The molecule has 20 heavy (non-hydrogen) atoms. The van der Waals surface area contributed by atoms with E-state index in [1.807, 2.05) is 13.8 Å². The first-order valence-electron chi connectivity index (χ1n) is 7.26. The summed E-state index contributed by atoms with van der Waals surface area (Å²) in [5, 5.41) is 0. The van der Waals surface area contributed by atoms with Crippen LogP contribution in [0.4, 0.5) is 0 Å². The Kier molecular flexibility index (Phi) is 10.3. The van der Waals surface area contributed by atoms with Crippen LogP contribution in [0.2, 0.25) is 5.54 Å². The Labute approximate surface area is 125 Å². The third kappa shape index (κ3) is 7.03. The standard InChI is InChI=1S/C15H29NO3Si/c1-7-11-16(15(17)13(4)5)12-10-14(6)20(18-8-2)19-9-3/h7,14,20H,1,4,8-12H2,2-3,5-6H3. The second-order valence-electron chi connectivity index (χ2n) is 4.87. The average molecular weight is 299 g/mol. The Morgan fingerprint density at radius 1 is 1.35 bits per heavy atom. The van der Waals surface area contributed by atoms with Crippen LogP contribution in [-0.4, -0.2) is 46.4 Å². The predicted octanol–water partition coefficient (Wildman–Crippen LogP) is 2.65. The molecule has 0 fully saturated rings. The minimum atomic E-state index is -1.65. The molecular formula is C15H29NO3Si. The SMILES string of the molecule is C=CCN(CCC(C)[SiH](OCC)OCC)C(=O)C(=C)C. The average Bonchev–Trinajstić information content (AvgIpc) is 2.41. The van der Waals surface area contributed by atoms with E-state index in [0.29, 0.717) is 37.4 Å². The second kappa shape index (κ2) is 10.8. The highest BCUT2D eigenvalue weighted by molar-refractivity contribution is 6.46. The molecule has 0 aromatic heterocycles. The van der Waals surface area contributed by atoms with Crippen molar-refractivity contribution in [2.24, 2.45) is 0 Å². The van der Waals surface area contributed by atoms with Crippen LogP contribution in [0.3, 0.4) is 0 Å². The molecule has 0 aromatic carbocycles. The van der Waals surface area contributed by atoms with Crippen molar-refractivity contribution in [3.8, 4) is 0 Å². The van der Waals surface area contributed by atoms with Gasteiger partial charge in [-0.15, -0.1) is 6.58 Å². The first-order valence-corrected chi connectivity index (χ1v) is 8.87. The Balaban J connectivity index is 4.47. The highest BCUT2D eigenvalue weighted by atomic mass is 28.3. The van der Waals surface area contributed by atoms with Gasteiger partial charge in [-0.25, -0.2) is 0 Å². The van der Waals surface area contributed by atoms with Crippen molar-refractivity contribution in [3.63, 3.8) is 0 Å². The van der Waals surface area contributed by atoms with Gasteiger partial charge >= 0.3 is 9.28 Å². The summed E-state index contributed by atoms with van der Waals surface area (Å²) in [5.41, 5.74) is 0.919. The maximum absolute atomic E-state index is 12.0. The van der Waals surface area contributed by atoms with E-state index in [1.165, 1.54) is 0 Å². The zero-order chi connectivity index (χ0) is 15.5. The molecule has 4 nitrogen and oxygen atoms in total. The van der Waals surface area contributed by atoms with Crippen LogP contribution in [0.15, 0.2) is 24.8 Å². The molecule has 0 radical (unpaired) electrons. The van der Waals surface area contributed by atoms with Crippen LogP contribution in [0, 0.1) is 0 Å². The number of hydrogen-bond donors (Lipinski definition) is 0. The first-order chi connectivity index (χ1) is 9.47. The topological polar surface area (TPSA) is 38.8 Å². The van der Waals surface area contributed by atoms with Crippen molar-refractivity contribution < 1.29 is 13.6 Å². The molecule has 0 aliphatic rings. The lowest BCUT2D eigenvalue weighted by atomic mass is 10.2. The zero-order valence-electron chi connectivity index (χ0n) is 13.4. The van der Waals surface area contributed by atoms with E-state index in [1.54, 1.807) is 17.9 Å². The quantitative estimate of drug-likeness (QED) is 0.334. The van der Waals surface area contributed by atoms with E-state index in [-0.39, 0.29) is 5.91 Å². The molecule has 0 aromatic rings. The van der Waals surface area contributed by atoms with Gasteiger partial charge in [0.15, 0.2) is 0 Å². The number of rotatable bonds is 11. The van der Waals surface area contributed by atoms with Crippen molar-refractivity contribution in [1.82, 2.24) is 4.90 Å². The molecule has 0 bridgehead atoms. The summed E-state index contributed by atoms with van der Waals surface area (Å²) in [6, 6.07) is 0. The van der Waals surface area contributed by atoms with Gasteiger partial charge in [-0.1, -0.05) is 19.6 Å². The minimum absolute atomic E-state index is 0.0110. The molecule has 1 unspecified atom stereocenters. The number of nitrogens with zero attached hydrogens (tertiary/aromatic N) is 1. The molecular weight excluding hydrogens is 270 g/mol. The van der Waals surface area contributed by atoms with Crippen molar-refractivity contribution in [1.29, 1.82) is 0 Å². The molecule has 0 spiro atoms. The monoisotopic (exact) mass is 299 g/mol. The Morgan fingerprint density at radius 3 is 2.30 bits per heavy atom. The van der Waals surface area contributed by atoms with E-state index < -0.39 is 9.28 Å². The predicted molar refractivity (Wildman–Crippen MR) is 86.0 cm³/mol. The van der Waals surface area contributed by atoms with Crippen LogP contribution in [0.1, 0.15) is 34.1 Å². The Hall–Kier alpha value is -0.913. The van der Waals surface area contributed by atoms with Gasteiger partial charge in [0.25, 0.3) is 0 Å². The molecule has 1 atom stereocenters. The van der Waals surface area contributed by atoms with Crippen molar-refractivity contribution >= 4 is 15.2 Å². The molecule has 0 heterocycles. The summed E-state index contributed by atoms with van der Waals surface area (Å²) in [7, 11) is -1.65. The van der Waals surface area contributed by atoms with E-state index in [9.17, 15) is 4.79 Å². The van der Waals surface area contributed by atoms with Gasteiger partial charge in [0, 0.05) is 31.9 Å². The summed E-state index contributed by atoms with van der Waals surface area (Å²) in [6.45, 7) is 17.9. The van der Waals surface area contributed by atoms with Crippen molar-refractivity contribution in [2.45, 2.75) is 39.7 Å². The highest BCUT2D eigenvalue weighted by Gasteiger charge is 2.23. The minimum Gasteiger partial charge on any atom is -0.397 e. The van der Waals surface area contributed by atoms with Gasteiger partial charge in [-0.05, 0) is 32.7 Å². The Morgan fingerprint density at radius 2 is 1.90 bits per heavy atom. The lowest BCUT2D eigenvalue weighted by Crippen LogP contribution is -2.35. The normalized spacial score (nSPS) is 12.2. The fourth-order valence-electron chi connectivity index (χ4n) is 1.90. The lowest BCUT2D eigenvalue weighted by molar-refractivity contribution is -0.126. The molecule has 1 amide bonds. The smallest absolute Gasteiger partial charge is 0.324 e. The second-order valence-corrected chi connectivity index (χ2v) is 7.41. The van der Waals surface area contributed by atoms with E-state index >= 15 is 0 Å². The number of carbonyl (C=O) groups excluding carboxylic acids is 1. The van der Waals surface area contributed by atoms with Gasteiger partial charge in [-0.3, -0.25) is 4.79 Å². The van der Waals surface area contributed by atoms with E-state index in [2.05, 4.69) is 20.1 Å². The van der Waals surface area contributed by atoms with Crippen molar-refractivity contribution in [3.05, 3.63) is 24.8 Å². The third-order valence-corrected chi connectivity index (χ3v) is 5.57. The van der Waals surface area contributed by atoms with E-state index in [4.69, 9.17) is 8.85 Å². The molecule has 0 aliphatic heterocycles. The molecule has 116 valence electrons. The fourth-order valence-corrected chi connectivity index (χ4v) is 3.73. The third-order valence-electron chi connectivity index (χ3n) is 2.98. The molecule has 0 rings (SSSR count). The summed E-state index contributed by atoms with van der Waals surface area (Å²) >= 11 is 0. The van der Waals surface area contributed by atoms with Gasteiger partial charge < -0.3 is 13.8 Å². The van der Waals surface area contributed by atoms with Crippen molar-refractivity contribution in [2.75, 3.05) is 26.3 Å². The van der Waals surface area contributed by atoms with Gasteiger partial charge in [0.05, 0.1) is 0 Å². The van der Waals surface area contributed by atoms with Crippen LogP contribution >= 0.6 is 0 Å². The summed E-state index contributed by atoms with van der Waals surface area (Å²) < 4.78 is 11.4. The fraction of sp³-hybridized carbons (Fsp3) is 0.667. The largest absolute Gasteiger partial charge is 0.397 e. The molecule has 0 N–H and O–H groups in total. The Bertz CT molecular complexity index is 314. The number of hydrogen-bond acceptors (Lipinski definition) is 3. The van der Waals surface area contributed by atoms with Gasteiger partial charge in [0.2, 0.25) is 5.91 Å². The summed E-state index contributed by atoms with van der Waals surface area (Å²) in [4.78, 5) is 13.8. The van der Waals surface area contributed by atoms with Gasteiger partial charge in [0.1, 0.15) is 0 Å². The van der Waals surface area contributed by atoms with Crippen LogP contribution in [-0.2, 0) is 13.6 Å². The molecule has 0 saturated carbocycles. The number of carbonyl (C=O) groups is 1. The summed E-state index contributed by atoms with van der Waals surface area (Å²) in [5.74, 6) is -0.0110. The lowest BCUT2D eigenvalue weighted by Gasteiger charge is -2.26. The van der Waals surface area contributed by atoms with E-state index in [0.717, 1.165) is 6.42 Å².